The van der Waals surface area contributed by atoms with Crippen molar-refractivity contribution < 1.29 is 0 Å². The molecule has 7 aromatic carbocycles. The van der Waals surface area contributed by atoms with Crippen LogP contribution in [0.25, 0.3) is 27.5 Å². The van der Waals surface area contributed by atoms with E-state index in [1.165, 1.54) is 105 Å². The third-order valence-corrected chi connectivity index (χ3v) is 17.9. The molecule has 0 amide bonds. The topological polar surface area (TPSA) is 8.17 Å². The zero-order valence-corrected chi connectivity index (χ0v) is 35.2. The van der Waals surface area contributed by atoms with E-state index in [0.717, 1.165) is 0 Å². The highest BCUT2D eigenvalue weighted by Crippen LogP contribution is 2.56. The Morgan fingerprint density at radius 3 is 1.45 bits per heavy atom. The van der Waals surface area contributed by atoms with Gasteiger partial charge in [0.2, 0.25) is 0 Å². The molecule has 0 radical (unpaired) electrons. The van der Waals surface area contributed by atoms with Gasteiger partial charge in [-0.05, 0) is 126 Å². The fourth-order valence-electron chi connectivity index (χ4n) is 10.3. The van der Waals surface area contributed by atoms with Gasteiger partial charge in [-0.1, -0.05) is 142 Å². The molecule has 56 heavy (non-hydrogen) atoms. The van der Waals surface area contributed by atoms with Gasteiger partial charge in [-0.25, -0.2) is 0 Å². The molecule has 1 atom stereocenters. The number of benzene rings is 7. The minimum absolute atomic E-state index is 0.123. The molecule has 0 aliphatic carbocycles. The van der Waals surface area contributed by atoms with Gasteiger partial charge in [-0.3, -0.25) is 0 Å². The number of rotatable bonds is 3. The van der Waals surface area contributed by atoms with Crippen LogP contribution in [0.4, 0.5) is 17.1 Å². The maximum absolute atomic E-state index is 7.15. The van der Waals surface area contributed by atoms with Crippen LogP contribution in [0.3, 0.4) is 0 Å². The van der Waals surface area contributed by atoms with Crippen molar-refractivity contribution >= 4 is 72.6 Å². The van der Waals surface area contributed by atoms with Crippen LogP contribution < -0.4 is 20.8 Å². The average molecular weight is 763 g/mol. The van der Waals surface area contributed by atoms with Gasteiger partial charge in [0.1, 0.15) is 0 Å². The third kappa shape index (κ3) is 4.77. The highest BCUT2D eigenvalue weighted by Gasteiger charge is 2.44. The van der Waals surface area contributed by atoms with Crippen LogP contribution in [0, 0.1) is 27.7 Å². The predicted molar refractivity (Wildman–Crippen MR) is 245 cm³/mol. The smallest absolute Gasteiger partial charge is 0.0570 e. The second-order valence-electron chi connectivity index (χ2n) is 17.3. The monoisotopic (exact) mass is 762 g/mol. The Morgan fingerprint density at radius 1 is 0.464 bits per heavy atom. The van der Waals surface area contributed by atoms with Crippen LogP contribution in [0.1, 0.15) is 72.2 Å². The molecular formula is C52H47N2PS. The van der Waals surface area contributed by atoms with Gasteiger partial charge in [0.15, 0.2) is 0 Å². The Kier molecular flexibility index (Phi) is 7.64. The molecule has 0 bridgehead atoms. The summed E-state index contributed by atoms with van der Waals surface area (Å²) in [6.07, 6.45) is 0. The van der Waals surface area contributed by atoms with E-state index in [9.17, 15) is 0 Å². The molecule has 0 fully saturated rings. The summed E-state index contributed by atoms with van der Waals surface area (Å²) in [6, 6.07) is 50.1. The van der Waals surface area contributed by atoms with Crippen LogP contribution >= 0.6 is 6.04 Å². The summed E-state index contributed by atoms with van der Waals surface area (Å²) >= 11 is 7.15. The fourth-order valence-corrected chi connectivity index (χ4v) is 15.0. The van der Waals surface area contributed by atoms with Gasteiger partial charge in [0.25, 0.3) is 0 Å². The van der Waals surface area contributed by atoms with E-state index in [2.05, 4.69) is 204 Å². The summed E-state index contributed by atoms with van der Waals surface area (Å²) in [5, 5.41) is 6.45. The Hall–Kier alpha value is -5.21. The summed E-state index contributed by atoms with van der Waals surface area (Å²) in [5.74, 6) is 0. The molecule has 0 saturated carbocycles. The standard InChI is InChI=1S/C52H47N2PS/c1-32-26-34(3)49-39(28-32)40-29-33(2)27-35(4)50(40)54(49)37-23-25-48-44(31-37)52(7,8)43-30-36(22-24-47(43)55(48,56)38-16-10-9-11-17-38)53-45-20-14-12-18-41(45)51(5,6)42-19-13-15-21-46(42)53/h9-31H,1-8H3. The lowest BCUT2D eigenvalue weighted by molar-refractivity contribution is 0.631. The molecule has 4 heteroatoms. The van der Waals surface area contributed by atoms with Crippen molar-refractivity contribution in [3.63, 3.8) is 0 Å². The molecule has 10 rings (SSSR count). The average Bonchev–Trinajstić information content (AvgIpc) is 3.52. The fraction of sp³-hybridized carbons (Fsp3) is 0.192. The summed E-state index contributed by atoms with van der Waals surface area (Å²) in [6.45, 7) is 18.5. The lowest BCUT2D eigenvalue weighted by Gasteiger charge is -2.44. The number of aromatic nitrogens is 1. The van der Waals surface area contributed by atoms with Crippen molar-refractivity contribution in [2.45, 2.75) is 66.2 Å². The largest absolute Gasteiger partial charge is 0.310 e. The van der Waals surface area contributed by atoms with E-state index in [0.29, 0.717) is 0 Å². The minimum atomic E-state index is -2.46. The molecule has 8 aromatic rings. The van der Waals surface area contributed by atoms with E-state index >= 15 is 0 Å². The van der Waals surface area contributed by atoms with Crippen LogP contribution in [0.2, 0.25) is 0 Å². The first-order valence-corrected chi connectivity index (χ1v) is 22.6. The zero-order chi connectivity index (χ0) is 38.9. The Bertz CT molecular complexity index is 2890. The summed E-state index contributed by atoms with van der Waals surface area (Å²) in [7, 11) is 0. The highest BCUT2D eigenvalue weighted by molar-refractivity contribution is 8.25. The minimum Gasteiger partial charge on any atom is -0.310 e. The summed E-state index contributed by atoms with van der Waals surface area (Å²) in [5.41, 5.74) is 17.4. The van der Waals surface area contributed by atoms with Crippen molar-refractivity contribution in [2.24, 2.45) is 0 Å². The highest BCUT2D eigenvalue weighted by atomic mass is 32.4. The maximum Gasteiger partial charge on any atom is 0.0570 e. The van der Waals surface area contributed by atoms with Crippen LogP contribution in [0.15, 0.2) is 140 Å². The maximum atomic E-state index is 7.15. The quantitative estimate of drug-likeness (QED) is 0.166. The van der Waals surface area contributed by atoms with Gasteiger partial charge in [0, 0.05) is 39.0 Å². The Morgan fingerprint density at radius 2 is 0.911 bits per heavy atom. The molecule has 2 aliphatic heterocycles. The first-order chi connectivity index (χ1) is 26.8. The molecule has 0 saturated heterocycles. The molecule has 0 spiro atoms. The molecular weight excluding hydrogens is 716 g/mol. The Labute approximate surface area is 336 Å². The number of para-hydroxylation sites is 2. The Balaban J connectivity index is 1.25. The molecule has 0 N–H and O–H groups in total. The normalized spacial score (nSPS) is 17.7. The number of hydrogen-bond acceptors (Lipinski definition) is 2. The van der Waals surface area contributed by atoms with Crippen LogP contribution in [-0.2, 0) is 22.6 Å². The SMILES string of the molecule is Cc1cc(C)c2c(c1)c1cc(C)cc(C)c1n2-c1ccc2c(c1)C(C)(C)c1cc(N3c4ccccc4C(C)(C)c4ccccc43)ccc1P2(=S)c1ccccc1. The first kappa shape index (κ1) is 35.2. The second-order valence-corrected chi connectivity index (χ2v) is 21.6. The van der Waals surface area contributed by atoms with Crippen LogP contribution in [0.5, 0.6) is 0 Å². The third-order valence-electron chi connectivity index (χ3n) is 12.9. The molecule has 276 valence electrons. The molecule has 3 heterocycles. The van der Waals surface area contributed by atoms with Gasteiger partial charge in [-0.15, -0.1) is 0 Å². The number of anilines is 3. The van der Waals surface area contributed by atoms with Gasteiger partial charge in [-0.2, -0.15) is 0 Å². The lowest BCUT2D eigenvalue weighted by Crippen LogP contribution is -2.42. The van der Waals surface area contributed by atoms with Gasteiger partial charge in [0.05, 0.1) is 22.4 Å². The molecule has 1 unspecified atom stereocenters. The van der Waals surface area contributed by atoms with Crippen molar-refractivity contribution in [1.29, 1.82) is 0 Å². The van der Waals surface area contributed by atoms with Gasteiger partial charge >= 0.3 is 0 Å². The van der Waals surface area contributed by atoms with Crippen molar-refractivity contribution in [3.8, 4) is 5.69 Å². The van der Waals surface area contributed by atoms with E-state index in [1.807, 2.05) is 0 Å². The second kappa shape index (κ2) is 12.1. The first-order valence-electron chi connectivity index (χ1n) is 19.8. The number of aryl methyl sites for hydroxylation is 4. The van der Waals surface area contributed by atoms with Crippen molar-refractivity contribution in [3.05, 3.63) is 184 Å². The predicted octanol–water partition coefficient (Wildman–Crippen LogP) is 12.5. The summed E-state index contributed by atoms with van der Waals surface area (Å²) < 4.78 is 2.53. The van der Waals surface area contributed by atoms with E-state index in [1.54, 1.807) is 0 Å². The van der Waals surface area contributed by atoms with E-state index in [4.69, 9.17) is 11.8 Å². The lowest BCUT2D eigenvalue weighted by atomic mass is 9.73. The van der Waals surface area contributed by atoms with Crippen molar-refractivity contribution in [2.75, 3.05) is 4.90 Å². The zero-order valence-electron chi connectivity index (χ0n) is 33.5. The van der Waals surface area contributed by atoms with Gasteiger partial charge < -0.3 is 9.47 Å². The van der Waals surface area contributed by atoms with E-state index < -0.39 is 6.04 Å². The van der Waals surface area contributed by atoms with Crippen molar-refractivity contribution in [1.82, 2.24) is 4.57 Å². The summed E-state index contributed by atoms with van der Waals surface area (Å²) in [4.78, 5) is 2.48. The molecule has 2 aliphatic rings. The molecule has 1 aromatic heterocycles. The number of fused-ring (bicyclic) bond motifs is 7. The van der Waals surface area contributed by atoms with E-state index in [-0.39, 0.29) is 10.8 Å². The molecule has 2 nitrogen and oxygen atoms in total. The van der Waals surface area contributed by atoms with Crippen LogP contribution in [-0.4, -0.2) is 4.57 Å². The number of hydrogen-bond donors (Lipinski definition) is 0. The number of nitrogens with zero attached hydrogens (tertiary/aromatic N) is 2.